The number of amides is 1. The van der Waals surface area contributed by atoms with Gasteiger partial charge in [-0.1, -0.05) is 51.8 Å². The van der Waals surface area contributed by atoms with Gasteiger partial charge in [-0.2, -0.15) is 0 Å². The lowest BCUT2D eigenvalue weighted by Crippen LogP contribution is -2.23. The number of rotatable bonds is 5. The molecule has 1 aromatic carbocycles. The summed E-state index contributed by atoms with van der Waals surface area (Å²) < 4.78 is 0.947. The number of carbonyl (C=O) groups is 1. The summed E-state index contributed by atoms with van der Waals surface area (Å²) in [5, 5.41) is 4.38. The number of halogens is 2. The summed E-state index contributed by atoms with van der Waals surface area (Å²) in [7, 11) is 0. The van der Waals surface area contributed by atoms with E-state index in [-0.39, 0.29) is 11.8 Å². The minimum absolute atomic E-state index is 0.137. The lowest BCUT2D eigenvalue weighted by Gasteiger charge is -2.09. The summed E-state index contributed by atoms with van der Waals surface area (Å²) in [4.78, 5) is 24.7. The average Bonchev–Trinajstić information content (AvgIpc) is 3.10. The lowest BCUT2D eigenvalue weighted by atomic mass is 10.0. The molecule has 1 aliphatic rings. The number of aromatic nitrogens is 2. The van der Waals surface area contributed by atoms with Crippen LogP contribution in [0.3, 0.4) is 0 Å². The van der Waals surface area contributed by atoms with Crippen LogP contribution in [0.5, 0.6) is 0 Å². The first-order valence-electron chi connectivity index (χ1n) is 9.15. The number of benzene rings is 1. The fourth-order valence-electron chi connectivity index (χ4n) is 3.19. The van der Waals surface area contributed by atoms with Crippen LogP contribution in [0.2, 0.25) is 0 Å². The van der Waals surface area contributed by atoms with E-state index in [4.69, 9.17) is 11.6 Å². The molecule has 4 rings (SSSR count). The van der Waals surface area contributed by atoms with Crippen molar-refractivity contribution in [3.63, 3.8) is 0 Å². The molecule has 2 N–H and O–H groups in total. The molecule has 0 fully saturated rings. The van der Waals surface area contributed by atoms with Gasteiger partial charge in [-0.05, 0) is 35.9 Å². The Balaban J connectivity index is 1.63. The number of hydrogen-bond acceptors (Lipinski definition) is 3. The SMILES string of the molecule is O=C(NCc1cccnc1)c1c(/C=C/C2C=CC(Cl)=NC2)[nH]c2cc(Br)ccc12. The zero-order chi connectivity index (χ0) is 20.2. The van der Waals surface area contributed by atoms with Gasteiger partial charge in [-0.25, -0.2) is 0 Å². The fourth-order valence-corrected chi connectivity index (χ4v) is 3.69. The molecule has 0 saturated heterocycles. The minimum Gasteiger partial charge on any atom is -0.354 e. The summed E-state index contributed by atoms with van der Waals surface area (Å²) in [6.45, 7) is 1.01. The molecule has 29 heavy (non-hydrogen) atoms. The summed E-state index contributed by atoms with van der Waals surface area (Å²) in [5.41, 5.74) is 3.22. The molecule has 0 aliphatic carbocycles. The molecule has 0 radical (unpaired) electrons. The fraction of sp³-hybridized carbons (Fsp3) is 0.136. The molecule has 1 unspecified atom stereocenters. The van der Waals surface area contributed by atoms with E-state index in [9.17, 15) is 4.79 Å². The molecule has 1 atom stereocenters. The van der Waals surface area contributed by atoms with E-state index in [1.165, 1.54) is 0 Å². The Morgan fingerprint density at radius 2 is 2.28 bits per heavy atom. The number of carbonyl (C=O) groups excluding carboxylic acids is 1. The standard InChI is InChI=1S/C22H18BrClN4O/c23-16-5-6-17-19(10-16)28-18(7-3-14-4-8-20(24)26-12-14)21(17)22(29)27-13-15-2-1-9-25-11-15/h1-11,14,28H,12-13H2,(H,27,29)/b7-3+. The van der Waals surface area contributed by atoms with Crippen LogP contribution in [-0.4, -0.2) is 27.6 Å². The molecule has 0 saturated carbocycles. The third-order valence-corrected chi connectivity index (χ3v) is 5.38. The first kappa shape index (κ1) is 19.6. The highest BCUT2D eigenvalue weighted by Gasteiger charge is 2.17. The molecule has 2 aromatic heterocycles. The monoisotopic (exact) mass is 468 g/mol. The zero-order valence-electron chi connectivity index (χ0n) is 15.4. The van der Waals surface area contributed by atoms with Gasteiger partial charge in [0.25, 0.3) is 5.91 Å². The van der Waals surface area contributed by atoms with Gasteiger partial charge in [-0.3, -0.25) is 14.8 Å². The van der Waals surface area contributed by atoms with Gasteiger partial charge < -0.3 is 10.3 Å². The van der Waals surface area contributed by atoms with Crippen molar-refractivity contribution in [2.45, 2.75) is 6.54 Å². The number of aliphatic imine (C=N–C) groups is 1. The van der Waals surface area contributed by atoms with Crippen LogP contribution in [0.25, 0.3) is 17.0 Å². The highest BCUT2D eigenvalue weighted by atomic mass is 79.9. The van der Waals surface area contributed by atoms with E-state index in [0.717, 1.165) is 26.6 Å². The van der Waals surface area contributed by atoms with Gasteiger partial charge in [-0.15, -0.1) is 0 Å². The Hall–Kier alpha value is -2.70. The third-order valence-electron chi connectivity index (χ3n) is 4.64. The van der Waals surface area contributed by atoms with Gasteiger partial charge in [0.15, 0.2) is 0 Å². The average molecular weight is 470 g/mol. The number of H-pyrrole nitrogens is 1. The maximum Gasteiger partial charge on any atom is 0.254 e. The number of pyridine rings is 1. The Morgan fingerprint density at radius 1 is 1.38 bits per heavy atom. The molecule has 1 aliphatic heterocycles. The number of nitrogens with one attached hydrogen (secondary N) is 2. The van der Waals surface area contributed by atoms with Gasteiger partial charge in [0.2, 0.25) is 0 Å². The summed E-state index contributed by atoms with van der Waals surface area (Å²) in [6.07, 6.45) is 11.2. The van der Waals surface area contributed by atoms with Crippen molar-refractivity contribution in [2.24, 2.45) is 10.9 Å². The van der Waals surface area contributed by atoms with Crippen molar-refractivity contribution >= 4 is 55.6 Å². The molecule has 146 valence electrons. The smallest absolute Gasteiger partial charge is 0.254 e. The molecular formula is C22H18BrClN4O. The topological polar surface area (TPSA) is 70.1 Å². The molecule has 3 heterocycles. The summed E-state index contributed by atoms with van der Waals surface area (Å²) >= 11 is 9.38. The highest BCUT2D eigenvalue weighted by Crippen LogP contribution is 2.27. The predicted molar refractivity (Wildman–Crippen MR) is 121 cm³/mol. The van der Waals surface area contributed by atoms with Crippen LogP contribution < -0.4 is 5.32 Å². The van der Waals surface area contributed by atoms with E-state index in [2.05, 4.69) is 36.2 Å². The molecule has 1 amide bonds. The Kier molecular flexibility index (Phi) is 5.92. The quantitative estimate of drug-likeness (QED) is 0.546. The van der Waals surface area contributed by atoms with Gasteiger partial charge in [0.05, 0.1) is 17.8 Å². The van der Waals surface area contributed by atoms with Crippen molar-refractivity contribution < 1.29 is 4.79 Å². The van der Waals surface area contributed by atoms with Crippen LogP contribution >= 0.6 is 27.5 Å². The van der Waals surface area contributed by atoms with Crippen molar-refractivity contribution in [3.05, 3.63) is 82.2 Å². The van der Waals surface area contributed by atoms with Crippen LogP contribution in [0.1, 0.15) is 21.6 Å². The van der Waals surface area contributed by atoms with Crippen LogP contribution in [-0.2, 0) is 6.54 Å². The van der Waals surface area contributed by atoms with Crippen LogP contribution in [0.4, 0.5) is 0 Å². The Morgan fingerprint density at radius 3 is 3.03 bits per heavy atom. The Labute approximate surface area is 181 Å². The maximum atomic E-state index is 13.0. The van der Waals surface area contributed by atoms with Crippen molar-refractivity contribution in [1.29, 1.82) is 0 Å². The summed E-state index contributed by atoms with van der Waals surface area (Å²) in [5.74, 6) is 0.00396. The van der Waals surface area contributed by atoms with Crippen molar-refractivity contribution in [2.75, 3.05) is 6.54 Å². The van der Waals surface area contributed by atoms with E-state index >= 15 is 0 Å². The molecule has 0 spiro atoms. The van der Waals surface area contributed by atoms with Gasteiger partial charge >= 0.3 is 0 Å². The molecule has 7 heteroatoms. The first-order valence-corrected chi connectivity index (χ1v) is 10.3. The number of nitrogens with zero attached hydrogens (tertiary/aromatic N) is 2. The minimum atomic E-state index is -0.137. The summed E-state index contributed by atoms with van der Waals surface area (Å²) in [6, 6.07) is 9.63. The predicted octanol–water partition coefficient (Wildman–Crippen LogP) is 5.09. The second kappa shape index (κ2) is 8.76. The normalized spacial score (nSPS) is 16.3. The molecule has 5 nitrogen and oxygen atoms in total. The first-order chi connectivity index (χ1) is 14.1. The number of allylic oxidation sites excluding steroid dienone is 1. The van der Waals surface area contributed by atoms with E-state index in [1.54, 1.807) is 18.5 Å². The second-order valence-corrected chi connectivity index (χ2v) is 8.00. The second-order valence-electron chi connectivity index (χ2n) is 6.69. The lowest BCUT2D eigenvalue weighted by molar-refractivity contribution is 0.0952. The van der Waals surface area contributed by atoms with Crippen LogP contribution in [0.15, 0.2) is 70.4 Å². The van der Waals surface area contributed by atoms with Crippen molar-refractivity contribution in [1.82, 2.24) is 15.3 Å². The van der Waals surface area contributed by atoms with Gasteiger partial charge in [0.1, 0.15) is 5.17 Å². The highest BCUT2D eigenvalue weighted by molar-refractivity contribution is 9.10. The molecule has 0 bridgehead atoms. The van der Waals surface area contributed by atoms with Crippen LogP contribution in [0, 0.1) is 5.92 Å². The van der Waals surface area contributed by atoms with E-state index in [1.807, 2.05) is 48.6 Å². The zero-order valence-corrected chi connectivity index (χ0v) is 17.7. The van der Waals surface area contributed by atoms with E-state index in [0.29, 0.717) is 23.8 Å². The number of hydrogen-bond donors (Lipinski definition) is 2. The number of fused-ring (bicyclic) bond motifs is 1. The molecular weight excluding hydrogens is 452 g/mol. The largest absolute Gasteiger partial charge is 0.354 e. The number of aromatic amines is 1. The maximum absolute atomic E-state index is 13.0. The Bertz CT molecular complexity index is 1130. The third kappa shape index (κ3) is 4.66. The molecule has 3 aromatic rings. The van der Waals surface area contributed by atoms with E-state index < -0.39 is 0 Å². The van der Waals surface area contributed by atoms with Crippen molar-refractivity contribution in [3.8, 4) is 0 Å². The van der Waals surface area contributed by atoms with Gasteiger partial charge in [0, 0.05) is 40.2 Å². The number of dihydropyridines is 1.